The zero-order chi connectivity index (χ0) is 13.2. The molecule has 5 nitrogen and oxygen atoms in total. The van der Waals surface area contributed by atoms with E-state index in [1.807, 2.05) is 24.4 Å². The highest BCUT2D eigenvalue weighted by atomic mass is 16.3. The molecule has 1 atom stereocenters. The summed E-state index contributed by atoms with van der Waals surface area (Å²) in [4.78, 5) is 14.0. The molecule has 1 aliphatic rings. The van der Waals surface area contributed by atoms with Gasteiger partial charge in [0.15, 0.2) is 0 Å². The van der Waals surface area contributed by atoms with Gasteiger partial charge < -0.3 is 10.0 Å². The largest absolute Gasteiger partial charge is 0.391 e. The third-order valence-electron chi connectivity index (χ3n) is 3.60. The number of carbonyl (C=O) groups excluding carboxylic acids is 1. The van der Waals surface area contributed by atoms with Crippen LogP contribution in [0.2, 0.25) is 0 Å². The van der Waals surface area contributed by atoms with E-state index in [2.05, 4.69) is 5.10 Å². The van der Waals surface area contributed by atoms with Gasteiger partial charge >= 0.3 is 0 Å². The Hall–Kier alpha value is -1.88. The zero-order valence-corrected chi connectivity index (χ0v) is 10.7. The van der Waals surface area contributed by atoms with Crippen LogP contribution in [-0.4, -0.2) is 44.7 Å². The standard InChI is InChI=1S/C14H17N3O2/c18-12-4-3-6-16(10-12)14(19)8-11-9-15-17-7-2-1-5-13(11)17/h1-2,5,7,9,12,18H,3-4,6,8,10H2/t12-/m0/s1. The average molecular weight is 259 g/mol. The highest BCUT2D eigenvalue weighted by Crippen LogP contribution is 2.15. The number of hydrogen-bond acceptors (Lipinski definition) is 3. The Morgan fingerprint density at radius 2 is 2.37 bits per heavy atom. The lowest BCUT2D eigenvalue weighted by Gasteiger charge is -2.30. The van der Waals surface area contributed by atoms with Crippen LogP contribution in [0.3, 0.4) is 0 Å². The van der Waals surface area contributed by atoms with Gasteiger partial charge in [-0.25, -0.2) is 4.52 Å². The van der Waals surface area contributed by atoms with Crippen molar-refractivity contribution in [2.45, 2.75) is 25.4 Å². The lowest BCUT2D eigenvalue weighted by atomic mass is 10.1. The van der Waals surface area contributed by atoms with Crippen LogP contribution in [0.25, 0.3) is 5.52 Å². The van der Waals surface area contributed by atoms with Gasteiger partial charge in [0.2, 0.25) is 5.91 Å². The molecule has 3 rings (SSSR count). The second-order valence-corrected chi connectivity index (χ2v) is 5.01. The van der Waals surface area contributed by atoms with Gasteiger partial charge in [0, 0.05) is 24.8 Å². The van der Waals surface area contributed by atoms with Crippen molar-refractivity contribution >= 4 is 11.4 Å². The van der Waals surface area contributed by atoms with E-state index in [4.69, 9.17) is 0 Å². The highest BCUT2D eigenvalue weighted by Gasteiger charge is 2.22. The quantitative estimate of drug-likeness (QED) is 0.870. The molecule has 19 heavy (non-hydrogen) atoms. The van der Waals surface area contributed by atoms with E-state index < -0.39 is 0 Å². The summed E-state index contributed by atoms with van der Waals surface area (Å²) in [5.41, 5.74) is 1.90. The molecule has 0 aromatic carbocycles. The molecule has 2 aromatic rings. The molecule has 1 fully saturated rings. The summed E-state index contributed by atoms with van der Waals surface area (Å²) in [6.07, 6.45) is 5.26. The van der Waals surface area contributed by atoms with E-state index in [1.165, 1.54) is 0 Å². The Bertz CT molecular complexity index is 593. The number of piperidine rings is 1. The number of fused-ring (bicyclic) bond motifs is 1. The minimum absolute atomic E-state index is 0.0671. The molecule has 1 amide bonds. The molecule has 1 saturated heterocycles. The van der Waals surface area contributed by atoms with Gasteiger partial charge in [-0.15, -0.1) is 0 Å². The summed E-state index contributed by atoms with van der Waals surface area (Å²) in [6, 6.07) is 5.81. The monoisotopic (exact) mass is 259 g/mol. The van der Waals surface area contributed by atoms with Gasteiger partial charge in [0.25, 0.3) is 0 Å². The number of aliphatic hydroxyl groups excluding tert-OH is 1. The van der Waals surface area contributed by atoms with Gasteiger partial charge in [0.05, 0.1) is 24.2 Å². The van der Waals surface area contributed by atoms with Crippen LogP contribution in [0, 0.1) is 0 Å². The first-order valence-electron chi connectivity index (χ1n) is 6.61. The van der Waals surface area contributed by atoms with Crippen molar-refractivity contribution in [3.05, 3.63) is 36.2 Å². The molecular weight excluding hydrogens is 242 g/mol. The summed E-state index contributed by atoms with van der Waals surface area (Å²) in [6.45, 7) is 1.20. The number of aromatic nitrogens is 2. The summed E-state index contributed by atoms with van der Waals surface area (Å²) < 4.78 is 1.77. The Kier molecular flexibility index (Phi) is 3.21. The number of nitrogens with zero attached hydrogens (tertiary/aromatic N) is 3. The summed E-state index contributed by atoms with van der Waals surface area (Å²) >= 11 is 0. The first kappa shape index (κ1) is 12.2. The molecule has 1 N–H and O–H groups in total. The number of likely N-dealkylation sites (tertiary alicyclic amines) is 1. The minimum atomic E-state index is -0.374. The zero-order valence-electron chi connectivity index (χ0n) is 10.7. The van der Waals surface area contributed by atoms with Crippen LogP contribution >= 0.6 is 0 Å². The van der Waals surface area contributed by atoms with Crippen LogP contribution in [0.1, 0.15) is 18.4 Å². The summed E-state index contributed by atoms with van der Waals surface area (Å²) in [7, 11) is 0. The molecule has 0 unspecified atom stereocenters. The topological polar surface area (TPSA) is 57.8 Å². The maximum Gasteiger partial charge on any atom is 0.227 e. The van der Waals surface area contributed by atoms with Crippen molar-refractivity contribution in [1.82, 2.24) is 14.5 Å². The highest BCUT2D eigenvalue weighted by molar-refractivity contribution is 5.81. The van der Waals surface area contributed by atoms with Crippen LogP contribution < -0.4 is 0 Å². The molecule has 0 aliphatic carbocycles. The van der Waals surface area contributed by atoms with Gasteiger partial charge in [0.1, 0.15) is 0 Å². The van der Waals surface area contributed by atoms with Gasteiger partial charge in [-0.3, -0.25) is 4.79 Å². The maximum absolute atomic E-state index is 12.2. The predicted molar refractivity (Wildman–Crippen MR) is 70.7 cm³/mol. The summed E-state index contributed by atoms with van der Waals surface area (Å²) in [5.74, 6) is 0.0671. The molecule has 100 valence electrons. The summed E-state index contributed by atoms with van der Waals surface area (Å²) in [5, 5.41) is 13.8. The van der Waals surface area contributed by atoms with Gasteiger partial charge in [-0.1, -0.05) is 6.07 Å². The number of pyridine rings is 1. The van der Waals surface area contributed by atoms with E-state index in [0.29, 0.717) is 13.0 Å². The van der Waals surface area contributed by atoms with Crippen molar-refractivity contribution in [1.29, 1.82) is 0 Å². The second kappa shape index (κ2) is 5.01. The lowest BCUT2D eigenvalue weighted by Crippen LogP contribution is -2.42. The maximum atomic E-state index is 12.2. The number of aliphatic hydroxyl groups is 1. The Morgan fingerprint density at radius 1 is 1.47 bits per heavy atom. The lowest BCUT2D eigenvalue weighted by molar-refractivity contribution is -0.133. The first-order valence-corrected chi connectivity index (χ1v) is 6.61. The van der Waals surface area contributed by atoms with Gasteiger partial charge in [-0.2, -0.15) is 5.10 Å². The number of rotatable bonds is 2. The fraction of sp³-hybridized carbons (Fsp3) is 0.429. The Morgan fingerprint density at radius 3 is 3.21 bits per heavy atom. The van der Waals surface area contributed by atoms with E-state index >= 15 is 0 Å². The van der Waals surface area contributed by atoms with E-state index in [-0.39, 0.29) is 12.0 Å². The molecule has 1 aliphatic heterocycles. The Balaban J connectivity index is 1.75. The number of β-amino-alcohol motifs (C(OH)–C–C–N with tert-alkyl or cyclic N) is 1. The van der Waals surface area contributed by atoms with Crippen molar-refractivity contribution < 1.29 is 9.90 Å². The Labute approximate surface area is 111 Å². The molecule has 0 bridgehead atoms. The van der Waals surface area contributed by atoms with Gasteiger partial charge in [-0.05, 0) is 25.0 Å². The van der Waals surface area contributed by atoms with Crippen molar-refractivity contribution in [3.8, 4) is 0 Å². The van der Waals surface area contributed by atoms with Crippen molar-refractivity contribution in [2.24, 2.45) is 0 Å². The van der Waals surface area contributed by atoms with Crippen molar-refractivity contribution in [3.63, 3.8) is 0 Å². The molecule has 0 radical (unpaired) electrons. The fourth-order valence-corrected chi connectivity index (χ4v) is 2.58. The SMILES string of the molecule is O=C(Cc1cnn2ccccc12)N1CCC[C@H](O)C1. The number of carbonyl (C=O) groups is 1. The molecule has 3 heterocycles. The van der Waals surface area contributed by atoms with Crippen LogP contribution in [0.5, 0.6) is 0 Å². The fourth-order valence-electron chi connectivity index (χ4n) is 2.58. The van der Waals surface area contributed by atoms with Crippen LogP contribution in [-0.2, 0) is 11.2 Å². The molecular formula is C14H17N3O2. The minimum Gasteiger partial charge on any atom is -0.391 e. The molecule has 5 heteroatoms. The predicted octanol–water partition coefficient (Wildman–Crippen LogP) is 0.860. The average Bonchev–Trinajstić information content (AvgIpc) is 2.82. The van der Waals surface area contributed by atoms with Crippen molar-refractivity contribution in [2.75, 3.05) is 13.1 Å². The second-order valence-electron chi connectivity index (χ2n) is 5.01. The van der Waals surface area contributed by atoms with Crippen LogP contribution in [0.15, 0.2) is 30.6 Å². The molecule has 0 spiro atoms. The molecule has 2 aromatic heterocycles. The normalized spacial score (nSPS) is 19.8. The first-order chi connectivity index (χ1) is 9.24. The number of hydrogen-bond donors (Lipinski definition) is 1. The van der Waals surface area contributed by atoms with E-state index in [9.17, 15) is 9.90 Å². The third-order valence-corrected chi connectivity index (χ3v) is 3.60. The van der Waals surface area contributed by atoms with E-state index in [1.54, 1.807) is 15.6 Å². The van der Waals surface area contributed by atoms with Crippen LogP contribution in [0.4, 0.5) is 0 Å². The van der Waals surface area contributed by atoms with E-state index in [0.717, 1.165) is 30.5 Å². The third kappa shape index (κ3) is 2.46. The molecule has 0 saturated carbocycles. The number of amides is 1. The smallest absolute Gasteiger partial charge is 0.227 e.